The van der Waals surface area contributed by atoms with Crippen molar-refractivity contribution in [2.75, 3.05) is 29.1 Å². The van der Waals surface area contributed by atoms with Gasteiger partial charge in [0.1, 0.15) is 18.0 Å². The Morgan fingerprint density at radius 2 is 2.36 bits per heavy atom. The first-order valence-corrected chi connectivity index (χ1v) is 5.87. The summed E-state index contributed by atoms with van der Waals surface area (Å²) in [5.74, 6) is 2.42. The van der Waals surface area contributed by atoms with Gasteiger partial charge >= 0.3 is 0 Å². The Morgan fingerprint density at radius 1 is 1.57 bits per heavy atom. The molecule has 3 N–H and O–H groups in total. The van der Waals surface area contributed by atoms with E-state index >= 15 is 0 Å². The van der Waals surface area contributed by atoms with Gasteiger partial charge in [-0.15, -0.1) is 0 Å². The molecule has 6 heteroatoms. The summed E-state index contributed by atoms with van der Waals surface area (Å²) in [7, 11) is -0.743. The highest BCUT2D eigenvalue weighted by molar-refractivity contribution is 7.84. The van der Waals surface area contributed by atoms with Crippen LogP contribution >= 0.6 is 0 Å². The van der Waals surface area contributed by atoms with Crippen LogP contribution in [-0.2, 0) is 10.8 Å². The lowest BCUT2D eigenvalue weighted by molar-refractivity contribution is 0.684. The van der Waals surface area contributed by atoms with Crippen molar-refractivity contribution in [3.05, 3.63) is 12.4 Å². The number of hydrogen-bond acceptors (Lipinski definition) is 5. The van der Waals surface area contributed by atoms with Crippen molar-refractivity contribution >= 4 is 22.4 Å². The Balaban J connectivity index is 2.35. The van der Waals surface area contributed by atoms with E-state index in [-0.39, 0.29) is 0 Å². The monoisotopic (exact) mass is 214 g/mol. The molecule has 1 rings (SSSR count). The van der Waals surface area contributed by atoms with Gasteiger partial charge in [-0.2, -0.15) is 0 Å². The summed E-state index contributed by atoms with van der Waals surface area (Å²) in [6.45, 7) is 2.54. The van der Waals surface area contributed by atoms with E-state index in [1.165, 1.54) is 6.33 Å². The van der Waals surface area contributed by atoms with Crippen LogP contribution in [0.4, 0.5) is 11.6 Å². The molecule has 14 heavy (non-hydrogen) atoms. The lowest BCUT2D eigenvalue weighted by Crippen LogP contribution is -2.13. The Kier molecular flexibility index (Phi) is 4.31. The smallest absolute Gasteiger partial charge is 0.131 e. The molecule has 0 bridgehead atoms. The molecule has 1 aromatic heterocycles. The summed E-state index contributed by atoms with van der Waals surface area (Å²) in [5, 5.41) is 3.03. The Labute approximate surface area is 85.6 Å². The Hall–Kier alpha value is -1.17. The molecule has 0 radical (unpaired) electrons. The van der Waals surface area contributed by atoms with Crippen molar-refractivity contribution in [3.8, 4) is 0 Å². The first-order valence-electron chi connectivity index (χ1n) is 4.38. The average Bonchev–Trinajstić information content (AvgIpc) is 2.17. The van der Waals surface area contributed by atoms with E-state index in [2.05, 4.69) is 15.3 Å². The van der Waals surface area contributed by atoms with Gasteiger partial charge in [-0.3, -0.25) is 4.21 Å². The number of nitrogens with one attached hydrogen (secondary N) is 1. The zero-order chi connectivity index (χ0) is 10.4. The fourth-order valence-electron chi connectivity index (χ4n) is 0.906. The highest BCUT2D eigenvalue weighted by Crippen LogP contribution is 2.03. The minimum Gasteiger partial charge on any atom is -0.384 e. The molecule has 1 heterocycles. The van der Waals surface area contributed by atoms with Crippen molar-refractivity contribution in [1.82, 2.24) is 9.97 Å². The first kappa shape index (κ1) is 10.9. The van der Waals surface area contributed by atoms with Gasteiger partial charge in [-0.05, 0) is 0 Å². The van der Waals surface area contributed by atoms with Crippen LogP contribution in [0.1, 0.15) is 6.92 Å². The van der Waals surface area contributed by atoms with Gasteiger partial charge in [0.25, 0.3) is 0 Å². The largest absolute Gasteiger partial charge is 0.384 e. The number of anilines is 2. The zero-order valence-electron chi connectivity index (χ0n) is 8.06. The SMILES string of the molecule is CCS(=O)CCNc1cc(N)ncn1. The molecule has 0 aromatic carbocycles. The van der Waals surface area contributed by atoms with Crippen LogP contribution in [0.3, 0.4) is 0 Å². The molecule has 1 aromatic rings. The zero-order valence-corrected chi connectivity index (χ0v) is 8.88. The molecule has 0 saturated heterocycles. The van der Waals surface area contributed by atoms with Crippen LogP contribution in [0, 0.1) is 0 Å². The van der Waals surface area contributed by atoms with Gasteiger partial charge in [0.2, 0.25) is 0 Å². The predicted octanol–water partition coefficient (Wildman–Crippen LogP) is 0.239. The number of hydrogen-bond donors (Lipinski definition) is 2. The topological polar surface area (TPSA) is 80.9 Å². The second-order valence-corrected chi connectivity index (χ2v) is 4.55. The number of nitrogens with two attached hydrogens (primary N) is 1. The number of nitrogens with zero attached hydrogens (tertiary/aromatic N) is 2. The van der Waals surface area contributed by atoms with Crippen molar-refractivity contribution in [2.24, 2.45) is 0 Å². The molecule has 5 nitrogen and oxygen atoms in total. The third-order valence-corrected chi connectivity index (χ3v) is 2.95. The molecular formula is C8H14N4OS. The van der Waals surface area contributed by atoms with E-state index in [0.717, 1.165) is 0 Å². The molecule has 0 aliphatic heterocycles. The minimum atomic E-state index is -0.743. The minimum absolute atomic E-state index is 0.430. The molecule has 0 spiro atoms. The molecule has 0 aliphatic rings. The van der Waals surface area contributed by atoms with E-state index in [4.69, 9.17) is 5.73 Å². The lowest BCUT2D eigenvalue weighted by atomic mass is 10.5. The van der Waals surface area contributed by atoms with Crippen molar-refractivity contribution in [1.29, 1.82) is 0 Å². The second kappa shape index (κ2) is 5.54. The number of aromatic nitrogens is 2. The van der Waals surface area contributed by atoms with Gasteiger partial charge in [0.05, 0.1) is 0 Å². The summed E-state index contributed by atoms with van der Waals surface area (Å²) >= 11 is 0. The van der Waals surface area contributed by atoms with E-state index in [1.54, 1.807) is 6.07 Å². The maximum atomic E-state index is 11.1. The Morgan fingerprint density at radius 3 is 3.00 bits per heavy atom. The van der Waals surface area contributed by atoms with Gasteiger partial charge in [-0.1, -0.05) is 6.92 Å². The van der Waals surface area contributed by atoms with Crippen LogP contribution in [0.2, 0.25) is 0 Å². The van der Waals surface area contributed by atoms with E-state index in [0.29, 0.717) is 29.7 Å². The van der Waals surface area contributed by atoms with Crippen LogP contribution in [0.5, 0.6) is 0 Å². The lowest BCUT2D eigenvalue weighted by Gasteiger charge is -2.04. The van der Waals surface area contributed by atoms with Gasteiger partial charge in [-0.25, -0.2) is 9.97 Å². The van der Waals surface area contributed by atoms with Crippen LogP contribution in [0.15, 0.2) is 12.4 Å². The Bertz CT molecular complexity index is 318. The highest BCUT2D eigenvalue weighted by Gasteiger charge is 1.97. The molecular weight excluding hydrogens is 200 g/mol. The fourth-order valence-corrected chi connectivity index (χ4v) is 1.52. The van der Waals surface area contributed by atoms with Crippen LogP contribution in [0.25, 0.3) is 0 Å². The maximum Gasteiger partial charge on any atom is 0.131 e. The molecule has 0 saturated carbocycles. The molecule has 0 fully saturated rings. The van der Waals surface area contributed by atoms with Crippen molar-refractivity contribution in [2.45, 2.75) is 6.92 Å². The summed E-state index contributed by atoms with van der Waals surface area (Å²) in [4.78, 5) is 7.73. The van der Waals surface area contributed by atoms with Crippen molar-refractivity contribution in [3.63, 3.8) is 0 Å². The van der Waals surface area contributed by atoms with Crippen LogP contribution < -0.4 is 11.1 Å². The van der Waals surface area contributed by atoms with E-state index in [9.17, 15) is 4.21 Å². The van der Waals surface area contributed by atoms with E-state index in [1.807, 2.05) is 6.92 Å². The summed E-state index contributed by atoms with van der Waals surface area (Å²) in [6, 6.07) is 1.65. The molecule has 78 valence electrons. The second-order valence-electron chi connectivity index (χ2n) is 2.69. The van der Waals surface area contributed by atoms with Gasteiger partial charge in [0, 0.05) is 34.9 Å². The number of nitrogen functional groups attached to an aromatic ring is 1. The summed E-state index contributed by atoms with van der Waals surface area (Å²) < 4.78 is 11.1. The van der Waals surface area contributed by atoms with Crippen molar-refractivity contribution < 1.29 is 4.21 Å². The third kappa shape index (κ3) is 3.69. The quantitative estimate of drug-likeness (QED) is 0.733. The fraction of sp³-hybridized carbons (Fsp3) is 0.500. The molecule has 1 unspecified atom stereocenters. The summed E-state index contributed by atoms with van der Waals surface area (Å²) in [6.07, 6.45) is 1.40. The van der Waals surface area contributed by atoms with Crippen LogP contribution in [-0.4, -0.2) is 32.2 Å². The van der Waals surface area contributed by atoms with Gasteiger partial charge < -0.3 is 11.1 Å². The highest BCUT2D eigenvalue weighted by atomic mass is 32.2. The first-order chi connectivity index (χ1) is 6.72. The molecule has 1 atom stereocenters. The standard InChI is InChI=1S/C8H14N4OS/c1-2-14(13)4-3-10-8-5-7(9)11-6-12-8/h5-6H,2-4H2,1H3,(H3,9,10,11,12). The number of rotatable bonds is 5. The molecule has 0 amide bonds. The normalized spacial score (nSPS) is 12.4. The maximum absolute atomic E-state index is 11.1. The average molecular weight is 214 g/mol. The van der Waals surface area contributed by atoms with Gasteiger partial charge in [0.15, 0.2) is 0 Å². The van der Waals surface area contributed by atoms with E-state index < -0.39 is 10.8 Å². The molecule has 0 aliphatic carbocycles. The predicted molar refractivity (Wildman–Crippen MR) is 58.5 cm³/mol. The summed E-state index contributed by atoms with van der Waals surface area (Å²) in [5.41, 5.74) is 5.47. The third-order valence-electron chi connectivity index (χ3n) is 1.65.